The summed E-state index contributed by atoms with van der Waals surface area (Å²) in [6, 6.07) is -2.67. The lowest BCUT2D eigenvalue weighted by Gasteiger charge is -2.23. The van der Waals surface area contributed by atoms with Gasteiger partial charge in [0.25, 0.3) is 0 Å². The maximum atomic E-state index is 12.4. The summed E-state index contributed by atoms with van der Waals surface area (Å²) < 4.78 is 0. The van der Waals surface area contributed by atoms with Gasteiger partial charge in [-0.25, -0.2) is 4.79 Å². The molecule has 0 radical (unpaired) electrons. The monoisotopic (exact) mass is 362 g/mol. The van der Waals surface area contributed by atoms with E-state index in [2.05, 4.69) is 23.3 Å². The third kappa shape index (κ3) is 9.09. The molecule has 0 aromatic carbocycles. The van der Waals surface area contributed by atoms with Crippen molar-refractivity contribution >= 4 is 30.4 Å². The summed E-state index contributed by atoms with van der Waals surface area (Å²) in [5.41, 5.74) is 11.0. The summed E-state index contributed by atoms with van der Waals surface area (Å²) >= 11 is 3.95. The number of unbranched alkanes of at least 4 members (excludes halogenated alkanes) is 1. The molecule has 24 heavy (non-hydrogen) atoms. The quantitative estimate of drug-likeness (QED) is 0.203. The Balaban J connectivity index is 4.92. The fraction of sp³-hybridized carbons (Fsp3) is 0.800. The average Bonchev–Trinajstić information content (AvgIpc) is 2.51. The second-order valence-electron chi connectivity index (χ2n) is 6.16. The summed E-state index contributed by atoms with van der Waals surface area (Å²) in [6.07, 6.45) is 2.00. The van der Waals surface area contributed by atoms with Crippen LogP contribution in [0.1, 0.15) is 39.5 Å². The minimum atomic E-state index is -1.10. The lowest BCUT2D eigenvalue weighted by molar-refractivity contribution is -0.142. The number of nitrogens with one attached hydrogen (secondary N) is 2. The fourth-order valence-electron chi connectivity index (χ4n) is 2.09. The standard InChI is InChI=1S/C15H30N4O4S/c1-9(2)7-12(15(22)23)19-14(21)11(5-3-4-6-16)18-13(20)10(17)8-24/h9-12,24H,3-8,16-17H2,1-2H3,(H,18,20)(H,19,21)(H,22,23). The van der Waals surface area contributed by atoms with E-state index in [1.165, 1.54) is 0 Å². The molecular formula is C15H30N4O4S. The third-order valence-corrected chi connectivity index (χ3v) is 3.83. The van der Waals surface area contributed by atoms with Crippen molar-refractivity contribution in [3.8, 4) is 0 Å². The first-order valence-electron chi connectivity index (χ1n) is 8.12. The number of carboxylic acid groups (broad SMARTS) is 1. The number of carbonyl (C=O) groups is 3. The summed E-state index contributed by atoms with van der Waals surface area (Å²) in [6.45, 7) is 4.21. The third-order valence-electron chi connectivity index (χ3n) is 3.44. The van der Waals surface area contributed by atoms with E-state index in [9.17, 15) is 19.5 Å². The molecule has 0 bridgehead atoms. The van der Waals surface area contributed by atoms with E-state index in [-0.39, 0.29) is 11.7 Å². The van der Waals surface area contributed by atoms with Crippen LogP contribution in [0.3, 0.4) is 0 Å². The van der Waals surface area contributed by atoms with Crippen LogP contribution in [0.15, 0.2) is 0 Å². The highest BCUT2D eigenvalue weighted by molar-refractivity contribution is 7.80. The Morgan fingerprint density at radius 3 is 2.12 bits per heavy atom. The molecule has 140 valence electrons. The molecule has 0 aliphatic rings. The summed E-state index contributed by atoms with van der Waals surface area (Å²) in [7, 11) is 0. The molecule has 7 N–H and O–H groups in total. The van der Waals surface area contributed by atoms with Gasteiger partial charge >= 0.3 is 5.97 Å². The van der Waals surface area contributed by atoms with E-state index in [1.54, 1.807) is 0 Å². The van der Waals surface area contributed by atoms with Crippen LogP contribution in [0.25, 0.3) is 0 Å². The number of carboxylic acids is 1. The molecule has 0 saturated heterocycles. The van der Waals surface area contributed by atoms with Crippen molar-refractivity contribution in [2.45, 2.75) is 57.7 Å². The van der Waals surface area contributed by atoms with Gasteiger partial charge < -0.3 is 27.2 Å². The van der Waals surface area contributed by atoms with Crippen molar-refractivity contribution in [3.63, 3.8) is 0 Å². The zero-order chi connectivity index (χ0) is 18.7. The van der Waals surface area contributed by atoms with Gasteiger partial charge in [-0.3, -0.25) is 9.59 Å². The van der Waals surface area contributed by atoms with Gasteiger partial charge in [0.05, 0.1) is 6.04 Å². The Bertz CT molecular complexity index is 420. The summed E-state index contributed by atoms with van der Waals surface area (Å²) in [5, 5.41) is 14.3. The molecule has 9 heteroatoms. The number of aliphatic carboxylic acids is 1. The fourth-order valence-corrected chi connectivity index (χ4v) is 2.25. The molecular weight excluding hydrogens is 332 g/mol. The molecule has 0 heterocycles. The molecule has 0 rings (SSSR count). The number of amides is 2. The van der Waals surface area contributed by atoms with E-state index in [4.69, 9.17) is 11.5 Å². The highest BCUT2D eigenvalue weighted by Crippen LogP contribution is 2.07. The number of nitrogens with two attached hydrogens (primary N) is 2. The van der Waals surface area contributed by atoms with Gasteiger partial charge in [-0.1, -0.05) is 13.8 Å². The van der Waals surface area contributed by atoms with Gasteiger partial charge in [0.2, 0.25) is 11.8 Å². The Labute approximate surface area is 148 Å². The van der Waals surface area contributed by atoms with Crippen LogP contribution < -0.4 is 22.1 Å². The predicted molar refractivity (Wildman–Crippen MR) is 95.7 cm³/mol. The average molecular weight is 362 g/mol. The zero-order valence-electron chi connectivity index (χ0n) is 14.3. The topological polar surface area (TPSA) is 148 Å². The van der Waals surface area contributed by atoms with Crippen molar-refractivity contribution in [3.05, 3.63) is 0 Å². The highest BCUT2D eigenvalue weighted by atomic mass is 32.1. The van der Waals surface area contributed by atoms with Gasteiger partial charge in [0, 0.05) is 5.75 Å². The normalized spacial score (nSPS) is 14.8. The minimum Gasteiger partial charge on any atom is -0.480 e. The van der Waals surface area contributed by atoms with Crippen molar-refractivity contribution < 1.29 is 19.5 Å². The first kappa shape index (κ1) is 22.7. The van der Waals surface area contributed by atoms with Crippen LogP contribution in [0.2, 0.25) is 0 Å². The highest BCUT2D eigenvalue weighted by Gasteiger charge is 2.27. The second kappa shape index (κ2) is 12.1. The number of hydrogen-bond acceptors (Lipinski definition) is 6. The molecule has 0 saturated carbocycles. The summed E-state index contributed by atoms with van der Waals surface area (Å²) in [4.78, 5) is 35.6. The van der Waals surface area contributed by atoms with Gasteiger partial charge in [-0.2, -0.15) is 12.6 Å². The van der Waals surface area contributed by atoms with Crippen LogP contribution in [0.5, 0.6) is 0 Å². The molecule has 0 spiro atoms. The first-order chi connectivity index (χ1) is 11.2. The number of carbonyl (C=O) groups excluding carboxylic acids is 2. The summed E-state index contributed by atoms with van der Waals surface area (Å²) in [5.74, 6) is -1.87. The van der Waals surface area contributed by atoms with Crippen LogP contribution in [0.4, 0.5) is 0 Å². The molecule has 8 nitrogen and oxygen atoms in total. The number of thiol groups is 1. The molecule has 2 amide bonds. The van der Waals surface area contributed by atoms with Crippen molar-refractivity contribution in [1.29, 1.82) is 0 Å². The molecule has 0 aromatic rings. The van der Waals surface area contributed by atoms with Crippen molar-refractivity contribution in [2.75, 3.05) is 12.3 Å². The van der Waals surface area contributed by atoms with E-state index in [0.29, 0.717) is 32.2 Å². The molecule has 0 aliphatic heterocycles. The Morgan fingerprint density at radius 1 is 1.08 bits per heavy atom. The predicted octanol–water partition coefficient (Wildman–Crippen LogP) is -0.527. The Morgan fingerprint density at radius 2 is 1.67 bits per heavy atom. The zero-order valence-corrected chi connectivity index (χ0v) is 15.2. The molecule has 0 fully saturated rings. The SMILES string of the molecule is CC(C)CC(NC(=O)C(CCCCN)NC(=O)C(N)CS)C(=O)O. The minimum absolute atomic E-state index is 0.106. The molecule has 0 aliphatic carbocycles. The van der Waals surface area contributed by atoms with E-state index in [1.807, 2.05) is 13.8 Å². The smallest absolute Gasteiger partial charge is 0.326 e. The lowest BCUT2D eigenvalue weighted by Crippen LogP contribution is -2.54. The van der Waals surface area contributed by atoms with E-state index >= 15 is 0 Å². The Kier molecular flexibility index (Phi) is 11.4. The lowest BCUT2D eigenvalue weighted by atomic mass is 10.0. The largest absolute Gasteiger partial charge is 0.480 e. The van der Waals surface area contributed by atoms with Crippen LogP contribution in [0, 0.1) is 5.92 Å². The van der Waals surface area contributed by atoms with Gasteiger partial charge in [-0.05, 0) is 38.1 Å². The maximum Gasteiger partial charge on any atom is 0.326 e. The van der Waals surface area contributed by atoms with Gasteiger partial charge in [0.15, 0.2) is 0 Å². The van der Waals surface area contributed by atoms with Crippen LogP contribution in [-0.4, -0.2) is 53.3 Å². The van der Waals surface area contributed by atoms with Crippen LogP contribution >= 0.6 is 12.6 Å². The second-order valence-corrected chi connectivity index (χ2v) is 6.53. The molecule has 3 atom stereocenters. The van der Waals surface area contributed by atoms with Crippen molar-refractivity contribution in [1.82, 2.24) is 10.6 Å². The number of rotatable bonds is 12. The Hall–Kier alpha value is -1.32. The van der Waals surface area contributed by atoms with E-state index < -0.39 is 35.9 Å². The van der Waals surface area contributed by atoms with Crippen molar-refractivity contribution in [2.24, 2.45) is 17.4 Å². The maximum absolute atomic E-state index is 12.4. The number of hydrogen-bond donors (Lipinski definition) is 6. The molecule has 0 aromatic heterocycles. The van der Waals surface area contributed by atoms with Crippen LogP contribution in [-0.2, 0) is 14.4 Å². The van der Waals surface area contributed by atoms with Gasteiger partial charge in [0.1, 0.15) is 12.1 Å². The molecule has 3 unspecified atom stereocenters. The van der Waals surface area contributed by atoms with Gasteiger partial charge in [-0.15, -0.1) is 0 Å². The first-order valence-corrected chi connectivity index (χ1v) is 8.76. The van der Waals surface area contributed by atoms with E-state index in [0.717, 1.165) is 0 Å².